The Morgan fingerprint density at radius 1 is 1.06 bits per heavy atom. The summed E-state index contributed by atoms with van der Waals surface area (Å²) in [7, 11) is 3.33. The summed E-state index contributed by atoms with van der Waals surface area (Å²) in [6.07, 6.45) is 6.91. The fourth-order valence-electron chi connectivity index (χ4n) is 2.60. The number of nitrogens with one attached hydrogen (secondary N) is 1. The number of hydrogen-bond donors (Lipinski definition) is 1. The van der Waals surface area contributed by atoms with Crippen LogP contribution >= 0.6 is 0 Å². The van der Waals surface area contributed by atoms with Crippen LogP contribution in [0.5, 0.6) is 11.5 Å². The quantitative estimate of drug-likeness (QED) is 0.863. The molecule has 0 atom stereocenters. The van der Waals surface area contributed by atoms with E-state index in [4.69, 9.17) is 9.47 Å². The number of benzene rings is 1. The van der Waals surface area contributed by atoms with Crippen LogP contribution in [0.2, 0.25) is 0 Å². The van der Waals surface area contributed by atoms with Gasteiger partial charge < -0.3 is 14.8 Å². The molecule has 1 N–H and O–H groups in total. The fourth-order valence-corrected chi connectivity index (χ4v) is 2.60. The molecule has 0 aromatic heterocycles. The van der Waals surface area contributed by atoms with Crippen LogP contribution in [-0.2, 0) is 0 Å². The molecule has 0 aliphatic heterocycles. The molecule has 0 amide bonds. The Hall–Kier alpha value is -1.38. The summed E-state index contributed by atoms with van der Waals surface area (Å²) in [6.45, 7) is 1.06. The largest absolute Gasteiger partial charge is 0.493 e. The molecule has 0 radical (unpaired) electrons. The Bertz CT molecular complexity index is 373. The molecule has 3 nitrogen and oxygen atoms in total. The summed E-state index contributed by atoms with van der Waals surface area (Å²) >= 11 is 0. The van der Waals surface area contributed by atoms with Gasteiger partial charge in [-0.25, -0.2) is 0 Å². The maximum atomic E-state index is 5.30. The maximum absolute atomic E-state index is 5.30. The van der Waals surface area contributed by atoms with E-state index in [9.17, 15) is 0 Å². The van der Waals surface area contributed by atoms with Crippen molar-refractivity contribution in [3.63, 3.8) is 0 Å². The molecular formula is C15H23NO2. The number of hydrogen-bond acceptors (Lipinski definition) is 3. The van der Waals surface area contributed by atoms with E-state index in [0.29, 0.717) is 0 Å². The zero-order valence-electron chi connectivity index (χ0n) is 11.4. The van der Waals surface area contributed by atoms with E-state index in [1.165, 1.54) is 32.1 Å². The predicted octanol–water partition coefficient (Wildman–Crippen LogP) is 3.70. The molecule has 3 heteroatoms. The molecule has 18 heavy (non-hydrogen) atoms. The van der Waals surface area contributed by atoms with E-state index in [0.717, 1.165) is 29.6 Å². The van der Waals surface area contributed by atoms with Crippen LogP contribution in [0, 0.1) is 5.92 Å². The highest BCUT2D eigenvalue weighted by Crippen LogP contribution is 2.30. The molecule has 1 aliphatic rings. The molecule has 1 aromatic rings. The number of rotatable bonds is 5. The third kappa shape index (κ3) is 3.31. The van der Waals surface area contributed by atoms with Gasteiger partial charge >= 0.3 is 0 Å². The highest BCUT2D eigenvalue weighted by Gasteiger charge is 2.13. The number of ether oxygens (including phenoxy) is 2. The van der Waals surface area contributed by atoms with Gasteiger partial charge in [-0.15, -0.1) is 0 Å². The topological polar surface area (TPSA) is 30.5 Å². The second-order valence-corrected chi connectivity index (χ2v) is 4.95. The van der Waals surface area contributed by atoms with Gasteiger partial charge in [0.2, 0.25) is 0 Å². The van der Waals surface area contributed by atoms with Crippen LogP contribution in [0.4, 0.5) is 5.69 Å². The molecule has 0 bridgehead atoms. The van der Waals surface area contributed by atoms with Gasteiger partial charge in [0.05, 0.1) is 14.2 Å². The van der Waals surface area contributed by atoms with Crippen molar-refractivity contribution < 1.29 is 9.47 Å². The summed E-state index contributed by atoms with van der Waals surface area (Å²) in [5, 5.41) is 3.50. The average Bonchev–Trinajstić information content (AvgIpc) is 2.45. The van der Waals surface area contributed by atoms with Gasteiger partial charge in [0.25, 0.3) is 0 Å². The Kier molecular flexibility index (Phi) is 4.73. The molecule has 0 unspecified atom stereocenters. The molecule has 1 saturated carbocycles. The van der Waals surface area contributed by atoms with Crippen LogP contribution in [0.3, 0.4) is 0 Å². The van der Waals surface area contributed by atoms with Crippen LogP contribution in [0.25, 0.3) is 0 Å². The molecule has 1 fully saturated rings. The third-order valence-corrected chi connectivity index (χ3v) is 3.70. The molecule has 2 rings (SSSR count). The smallest absolute Gasteiger partial charge is 0.162 e. The summed E-state index contributed by atoms with van der Waals surface area (Å²) in [4.78, 5) is 0. The van der Waals surface area contributed by atoms with E-state index in [1.807, 2.05) is 18.2 Å². The van der Waals surface area contributed by atoms with Crippen LogP contribution < -0.4 is 14.8 Å². The second kappa shape index (κ2) is 6.53. The van der Waals surface area contributed by atoms with Crippen molar-refractivity contribution in [1.82, 2.24) is 0 Å². The minimum absolute atomic E-state index is 0.778. The Balaban J connectivity index is 1.92. The molecule has 0 saturated heterocycles. The van der Waals surface area contributed by atoms with Crippen molar-refractivity contribution in [3.05, 3.63) is 18.2 Å². The van der Waals surface area contributed by atoms with E-state index < -0.39 is 0 Å². The summed E-state index contributed by atoms with van der Waals surface area (Å²) in [5.41, 5.74) is 1.11. The van der Waals surface area contributed by atoms with Gasteiger partial charge in [0, 0.05) is 18.3 Å². The zero-order valence-corrected chi connectivity index (χ0v) is 11.4. The SMILES string of the molecule is COc1ccc(NCC2CCCCC2)cc1OC. The lowest BCUT2D eigenvalue weighted by Crippen LogP contribution is -2.17. The Morgan fingerprint density at radius 2 is 1.78 bits per heavy atom. The van der Waals surface area contributed by atoms with Crippen molar-refractivity contribution in [2.24, 2.45) is 5.92 Å². The van der Waals surface area contributed by atoms with Gasteiger partial charge in [-0.1, -0.05) is 19.3 Å². The van der Waals surface area contributed by atoms with Gasteiger partial charge in [-0.3, -0.25) is 0 Å². The van der Waals surface area contributed by atoms with Crippen molar-refractivity contribution in [2.75, 3.05) is 26.1 Å². The summed E-state index contributed by atoms with van der Waals surface area (Å²) in [6, 6.07) is 5.99. The van der Waals surface area contributed by atoms with E-state index in [-0.39, 0.29) is 0 Å². The first-order valence-corrected chi connectivity index (χ1v) is 6.79. The highest BCUT2D eigenvalue weighted by atomic mass is 16.5. The van der Waals surface area contributed by atoms with Crippen molar-refractivity contribution in [3.8, 4) is 11.5 Å². The van der Waals surface area contributed by atoms with Crippen molar-refractivity contribution >= 4 is 5.69 Å². The Morgan fingerprint density at radius 3 is 2.44 bits per heavy atom. The van der Waals surface area contributed by atoms with E-state index >= 15 is 0 Å². The van der Waals surface area contributed by atoms with Crippen LogP contribution in [-0.4, -0.2) is 20.8 Å². The minimum atomic E-state index is 0.778. The molecule has 1 aromatic carbocycles. The van der Waals surface area contributed by atoms with Crippen molar-refractivity contribution in [2.45, 2.75) is 32.1 Å². The Labute approximate surface area is 109 Å². The van der Waals surface area contributed by atoms with Gasteiger partial charge in [0.15, 0.2) is 11.5 Å². The van der Waals surface area contributed by atoms with E-state index in [2.05, 4.69) is 5.32 Å². The first-order chi connectivity index (χ1) is 8.83. The highest BCUT2D eigenvalue weighted by molar-refractivity contribution is 5.54. The van der Waals surface area contributed by atoms with Gasteiger partial charge in [-0.2, -0.15) is 0 Å². The molecule has 0 heterocycles. The van der Waals surface area contributed by atoms with Crippen LogP contribution in [0.15, 0.2) is 18.2 Å². The molecule has 0 spiro atoms. The molecule has 1 aliphatic carbocycles. The van der Waals surface area contributed by atoms with Crippen molar-refractivity contribution in [1.29, 1.82) is 0 Å². The lowest BCUT2D eigenvalue weighted by atomic mass is 9.89. The lowest BCUT2D eigenvalue weighted by Gasteiger charge is -2.22. The first-order valence-electron chi connectivity index (χ1n) is 6.79. The number of anilines is 1. The van der Waals surface area contributed by atoms with E-state index in [1.54, 1.807) is 14.2 Å². The van der Waals surface area contributed by atoms with Crippen LogP contribution in [0.1, 0.15) is 32.1 Å². The second-order valence-electron chi connectivity index (χ2n) is 4.95. The molecular weight excluding hydrogens is 226 g/mol. The minimum Gasteiger partial charge on any atom is -0.493 e. The number of methoxy groups -OCH3 is 2. The fraction of sp³-hybridized carbons (Fsp3) is 0.600. The first kappa shape index (κ1) is 13.1. The van der Waals surface area contributed by atoms with Gasteiger partial charge in [0.1, 0.15) is 0 Å². The normalized spacial score (nSPS) is 16.3. The standard InChI is InChI=1S/C15H23NO2/c1-17-14-9-8-13(10-15(14)18-2)16-11-12-6-4-3-5-7-12/h8-10,12,16H,3-7,11H2,1-2H3. The lowest BCUT2D eigenvalue weighted by molar-refractivity contribution is 0.355. The zero-order chi connectivity index (χ0) is 12.8. The average molecular weight is 249 g/mol. The summed E-state index contributed by atoms with van der Waals surface area (Å²) < 4.78 is 10.5. The summed E-state index contributed by atoms with van der Waals surface area (Å²) in [5.74, 6) is 2.39. The van der Waals surface area contributed by atoms with Gasteiger partial charge in [-0.05, 0) is 30.9 Å². The maximum Gasteiger partial charge on any atom is 0.162 e. The predicted molar refractivity (Wildman–Crippen MR) is 74.6 cm³/mol. The monoisotopic (exact) mass is 249 g/mol. The molecule has 100 valence electrons. The third-order valence-electron chi connectivity index (χ3n) is 3.70.